The van der Waals surface area contributed by atoms with E-state index < -0.39 is 10.0 Å². The van der Waals surface area contributed by atoms with Crippen LogP contribution in [0, 0.1) is 0 Å². The summed E-state index contributed by atoms with van der Waals surface area (Å²) in [6, 6.07) is 7.08. The largest absolute Gasteiger partial charge is 0.380 e. The Balaban J connectivity index is 2.75. The van der Waals surface area contributed by atoms with Gasteiger partial charge in [0.05, 0.1) is 11.5 Å². The van der Waals surface area contributed by atoms with Crippen molar-refractivity contribution in [2.75, 3.05) is 33.4 Å². The van der Waals surface area contributed by atoms with Gasteiger partial charge in [-0.3, -0.25) is 0 Å². The molecule has 0 bridgehead atoms. The van der Waals surface area contributed by atoms with Crippen LogP contribution in [0.3, 0.4) is 0 Å². The minimum absolute atomic E-state index is 0.331. The molecule has 0 aliphatic heterocycles. The Bertz CT molecular complexity index is 517. The average Bonchev–Trinajstić information content (AvgIpc) is 2.48. The first-order chi connectivity index (χ1) is 10.0. The summed E-state index contributed by atoms with van der Waals surface area (Å²) in [7, 11) is -1.87. The Morgan fingerprint density at radius 2 is 2.05 bits per heavy atom. The maximum Gasteiger partial charge on any atom is 0.242 e. The van der Waals surface area contributed by atoms with Crippen molar-refractivity contribution in [1.29, 1.82) is 0 Å². The zero-order chi connectivity index (χ0) is 15.7. The van der Waals surface area contributed by atoms with Crippen LogP contribution in [0.5, 0.6) is 0 Å². The predicted molar refractivity (Wildman–Crippen MR) is 84.7 cm³/mol. The Hall–Kier alpha value is -0.950. The number of sulfonamides is 1. The van der Waals surface area contributed by atoms with Gasteiger partial charge in [-0.25, -0.2) is 8.42 Å². The van der Waals surface area contributed by atoms with Crippen LogP contribution in [-0.2, 0) is 21.3 Å². The van der Waals surface area contributed by atoms with Gasteiger partial charge in [-0.15, -0.1) is 0 Å². The smallest absolute Gasteiger partial charge is 0.242 e. The fourth-order valence-corrected chi connectivity index (χ4v) is 3.09. The van der Waals surface area contributed by atoms with Crippen molar-refractivity contribution in [2.24, 2.45) is 0 Å². The third kappa shape index (κ3) is 5.74. The lowest BCUT2D eigenvalue weighted by atomic mass is 10.2. The fraction of sp³-hybridized carbons (Fsp3) is 0.600. The summed E-state index contributed by atoms with van der Waals surface area (Å²) >= 11 is 0. The highest BCUT2D eigenvalue weighted by Crippen LogP contribution is 2.15. The van der Waals surface area contributed by atoms with Crippen LogP contribution in [0.4, 0.5) is 0 Å². The number of hydrogen-bond acceptors (Lipinski definition) is 4. The Morgan fingerprint density at radius 1 is 1.29 bits per heavy atom. The van der Waals surface area contributed by atoms with Gasteiger partial charge in [-0.1, -0.05) is 19.1 Å². The molecule has 1 rings (SSSR count). The standard InChI is InChI=1S/C15H26N2O3S/c1-4-9-16-13-14-7-6-8-15(12-14)21(18,19)17(3)10-11-20-5-2/h6-8,12,16H,4-5,9-11,13H2,1-3H3. The fourth-order valence-electron chi connectivity index (χ4n) is 1.86. The van der Waals surface area contributed by atoms with E-state index in [1.807, 2.05) is 13.0 Å². The molecule has 120 valence electrons. The molecule has 0 heterocycles. The highest BCUT2D eigenvalue weighted by molar-refractivity contribution is 7.89. The number of benzene rings is 1. The van der Waals surface area contributed by atoms with Crippen LogP contribution in [0.2, 0.25) is 0 Å². The van der Waals surface area contributed by atoms with Crippen molar-refractivity contribution in [2.45, 2.75) is 31.7 Å². The van der Waals surface area contributed by atoms with Gasteiger partial charge >= 0.3 is 0 Å². The van der Waals surface area contributed by atoms with Crippen LogP contribution < -0.4 is 5.32 Å². The van der Waals surface area contributed by atoms with Gasteiger partial charge in [-0.05, 0) is 37.6 Å². The topological polar surface area (TPSA) is 58.6 Å². The van der Waals surface area contributed by atoms with Crippen LogP contribution in [0.15, 0.2) is 29.2 Å². The van der Waals surface area contributed by atoms with Crippen LogP contribution in [0.1, 0.15) is 25.8 Å². The van der Waals surface area contributed by atoms with Gasteiger partial charge in [0.1, 0.15) is 0 Å². The van der Waals surface area contributed by atoms with Gasteiger partial charge in [0.15, 0.2) is 0 Å². The first kappa shape index (κ1) is 18.1. The van der Waals surface area contributed by atoms with Crippen molar-refractivity contribution < 1.29 is 13.2 Å². The van der Waals surface area contributed by atoms with Crippen molar-refractivity contribution >= 4 is 10.0 Å². The molecule has 21 heavy (non-hydrogen) atoms. The highest BCUT2D eigenvalue weighted by atomic mass is 32.2. The van der Waals surface area contributed by atoms with E-state index in [9.17, 15) is 8.42 Å². The molecule has 0 aliphatic carbocycles. The van der Waals surface area contributed by atoms with Crippen molar-refractivity contribution in [1.82, 2.24) is 9.62 Å². The first-order valence-electron chi connectivity index (χ1n) is 7.36. The molecule has 1 aromatic rings. The first-order valence-corrected chi connectivity index (χ1v) is 8.80. The van der Waals surface area contributed by atoms with E-state index in [-0.39, 0.29) is 0 Å². The van der Waals surface area contributed by atoms with Gasteiger partial charge in [0.25, 0.3) is 0 Å². The molecule has 1 aromatic carbocycles. The summed E-state index contributed by atoms with van der Waals surface area (Å²) in [5.41, 5.74) is 0.975. The predicted octanol–water partition coefficient (Wildman–Crippen LogP) is 1.84. The van der Waals surface area contributed by atoms with Crippen molar-refractivity contribution in [3.63, 3.8) is 0 Å². The maximum atomic E-state index is 12.5. The second kappa shape index (κ2) is 9.15. The molecule has 5 nitrogen and oxygen atoms in total. The number of nitrogens with zero attached hydrogens (tertiary/aromatic N) is 1. The van der Waals surface area contributed by atoms with Gasteiger partial charge in [-0.2, -0.15) is 4.31 Å². The zero-order valence-electron chi connectivity index (χ0n) is 13.1. The van der Waals surface area contributed by atoms with Gasteiger partial charge in [0, 0.05) is 26.7 Å². The molecule has 6 heteroatoms. The number of likely N-dealkylation sites (N-methyl/N-ethyl adjacent to an activating group) is 1. The summed E-state index contributed by atoms with van der Waals surface area (Å²) in [4.78, 5) is 0.331. The normalized spacial score (nSPS) is 12.0. The lowest BCUT2D eigenvalue weighted by Crippen LogP contribution is -2.30. The molecule has 0 atom stereocenters. The number of ether oxygens (including phenoxy) is 1. The molecule has 1 N–H and O–H groups in total. The van der Waals surface area contributed by atoms with Crippen molar-refractivity contribution in [3.05, 3.63) is 29.8 Å². The van der Waals surface area contributed by atoms with E-state index in [4.69, 9.17) is 4.74 Å². The monoisotopic (exact) mass is 314 g/mol. The Kier molecular flexibility index (Phi) is 7.88. The molecule has 0 fully saturated rings. The van der Waals surface area contributed by atoms with Gasteiger partial charge < -0.3 is 10.1 Å². The molecule has 0 unspecified atom stereocenters. The lowest BCUT2D eigenvalue weighted by molar-refractivity contribution is 0.138. The second-order valence-electron chi connectivity index (χ2n) is 4.85. The van der Waals surface area contributed by atoms with E-state index in [2.05, 4.69) is 12.2 Å². The molecule has 0 saturated carbocycles. The van der Waals surface area contributed by atoms with E-state index in [1.54, 1.807) is 25.2 Å². The van der Waals surface area contributed by atoms with E-state index >= 15 is 0 Å². The summed E-state index contributed by atoms with van der Waals surface area (Å²) in [5, 5.41) is 3.27. The molecule has 0 spiro atoms. The Labute approximate surface area is 128 Å². The maximum absolute atomic E-state index is 12.5. The third-order valence-corrected chi connectivity index (χ3v) is 4.97. The number of rotatable bonds is 10. The number of hydrogen-bond donors (Lipinski definition) is 1. The molecule has 0 saturated heterocycles. The SMILES string of the molecule is CCCNCc1cccc(S(=O)(=O)N(C)CCOCC)c1. The minimum atomic E-state index is -3.45. The van der Waals surface area contributed by atoms with Crippen molar-refractivity contribution in [3.8, 4) is 0 Å². The van der Waals surface area contributed by atoms with Crippen LogP contribution in [-0.4, -0.2) is 46.1 Å². The zero-order valence-corrected chi connectivity index (χ0v) is 13.9. The molecule has 0 aromatic heterocycles. The quantitative estimate of drug-likeness (QED) is 0.670. The average molecular weight is 314 g/mol. The van der Waals surface area contributed by atoms with E-state index in [0.29, 0.717) is 31.2 Å². The Morgan fingerprint density at radius 3 is 2.71 bits per heavy atom. The summed E-state index contributed by atoms with van der Waals surface area (Å²) in [6.07, 6.45) is 1.05. The van der Waals surface area contributed by atoms with Crippen LogP contribution >= 0.6 is 0 Å². The van der Waals surface area contributed by atoms with E-state index in [0.717, 1.165) is 18.5 Å². The summed E-state index contributed by atoms with van der Waals surface area (Å²) in [5.74, 6) is 0. The van der Waals surface area contributed by atoms with Crippen LogP contribution in [0.25, 0.3) is 0 Å². The van der Waals surface area contributed by atoms with Gasteiger partial charge in [0.2, 0.25) is 10.0 Å². The molecule has 0 radical (unpaired) electrons. The summed E-state index contributed by atoms with van der Waals surface area (Å²) < 4.78 is 31.5. The molecular formula is C15H26N2O3S. The third-order valence-electron chi connectivity index (χ3n) is 3.12. The molecule has 0 amide bonds. The summed E-state index contributed by atoms with van der Waals surface area (Å²) in [6.45, 7) is 6.94. The van der Waals surface area contributed by atoms with E-state index in [1.165, 1.54) is 4.31 Å². The molecular weight excluding hydrogens is 288 g/mol. The number of nitrogens with one attached hydrogen (secondary N) is 1. The second-order valence-corrected chi connectivity index (χ2v) is 6.89. The highest BCUT2D eigenvalue weighted by Gasteiger charge is 2.20. The minimum Gasteiger partial charge on any atom is -0.380 e. The lowest BCUT2D eigenvalue weighted by Gasteiger charge is -2.17. The molecule has 0 aliphatic rings.